The summed E-state index contributed by atoms with van der Waals surface area (Å²) in [6.45, 7) is -0.602. The van der Waals surface area contributed by atoms with E-state index in [9.17, 15) is 18.8 Å². The van der Waals surface area contributed by atoms with Crippen molar-refractivity contribution < 1.29 is 23.5 Å². The number of carbonyl (C=O) groups excluding carboxylic acids is 3. The maximum Gasteiger partial charge on any atom is 0.338 e. The van der Waals surface area contributed by atoms with Crippen molar-refractivity contribution >= 4 is 34.9 Å². The van der Waals surface area contributed by atoms with Gasteiger partial charge in [-0.1, -0.05) is 54.1 Å². The molecular formula is C22H15ClFNO4. The van der Waals surface area contributed by atoms with Crippen molar-refractivity contribution in [1.29, 1.82) is 0 Å². The molecule has 0 aliphatic rings. The average molecular weight is 412 g/mol. The van der Waals surface area contributed by atoms with E-state index in [0.29, 0.717) is 11.1 Å². The Morgan fingerprint density at radius 1 is 0.862 bits per heavy atom. The van der Waals surface area contributed by atoms with Crippen molar-refractivity contribution in [3.8, 4) is 0 Å². The predicted molar refractivity (Wildman–Crippen MR) is 107 cm³/mol. The number of hydrogen-bond acceptors (Lipinski definition) is 4. The Balaban J connectivity index is 1.57. The summed E-state index contributed by atoms with van der Waals surface area (Å²) in [7, 11) is 0. The van der Waals surface area contributed by atoms with Crippen LogP contribution < -0.4 is 5.32 Å². The van der Waals surface area contributed by atoms with Crippen LogP contribution in [0.4, 0.5) is 10.1 Å². The van der Waals surface area contributed by atoms with Gasteiger partial charge in [-0.25, -0.2) is 9.18 Å². The maximum absolute atomic E-state index is 13.6. The SMILES string of the molecule is O=C(COC(=O)c1ccc(C(=O)c2ccccc2)cc1)Nc1cc(Cl)ccc1F. The van der Waals surface area contributed by atoms with E-state index in [0.717, 1.165) is 6.07 Å². The van der Waals surface area contributed by atoms with Crippen molar-refractivity contribution in [2.45, 2.75) is 0 Å². The van der Waals surface area contributed by atoms with E-state index in [1.807, 2.05) is 6.07 Å². The number of hydrogen-bond donors (Lipinski definition) is 1. The zero-order valence-electron chi connectivity index (χ0n) is 15.0. The molecule has 0 radical (unpaired) electrons. The van der Waals surface area contributed by atoms with Crippen LogP contribution in [-0.2, 0) is 9.53 Å². The minimum Gasteiger partial charge on any atom is -0.452 e. The number of ketones is 1. The molecule has 3 rings (SSSR count). The van der Waals surface area contributed by atoms with Crippen molar-refractivity contribution in [1.82, 2.24) is 0 Å². The minimum absolute atomic E-state index is 0.109. The van der Waals surface area contributed by atoms with Crippen LogP contribution >= 0.6 is 11.6 Å². The lowest BCUT2D eigenvalue weighted by Crippen LogP contribution is -2.21. The Bertz CT molecular complexity index is 1050. The molecule has 29 heavy (non-hydrogen) atoms. The van der Waals surface area contributed by atoms with Gasteiger partial charge in [0.05, 0.1) is 11.3 Å². The molecule has 1 N–H and O–H groups in total. The van der Waals surface area contributed by atoms with Gasteiger partial charge in [-0.3, -0.25) is 9.59 Å². The molecule has 0 bridgehead atoms. The summed E-state index contributed by atoms with van der Waals surface area (Å²) in [6.07, 6.45) is 0. The minimum atomic E-state index is -0.745. The third-order valence-electron chi connectivity index (χ3n) is 3.96. The smallest absolute Gasteiger partial charge is 0.338 e. The summed E-state index contributed by atoms with van der Waals surface area (Å²) in [6, 6.07) is 18.3. The van der Waals surface area contributed by atoms with Gasteiger partial charge in [0.2, 0.25) is 0 Å². The largest absolute Gasteiger partial charge is 0.452 e. The van der Waals surface area contributed by atoms with Crippen molar-refractivity contribution in [3.05, 3.63) is 100 Å². The molecule has 0 spiro atoms. The van der Waals surface area contributed by atoms with Crippen LogP contribution in [0.2, 0.25) is 5.02 Å². The van der Waals surface area contributed by atoms with Crippen LogP contribution in [0.5, 0.6) is 0 Å². The monoisotopic (exact) mass is 411 g/mol. The van der Waals surface area contributed by atoms with Gasteiger partial charge in [0.25, 0.3) is 5.91 Å². The predicted octanol–water partition coefficient (Wildman–Crippen LogP) is 4.51. The van der Waals surface area contributed by atoms with Gasteiger partial charge in [-0.2, -0.15) is 0 Å². The highest BCUT2D eigenvalue weighted by molar-refractivity contribution is 6.30. The van der Waals surface area contributed by atoms with E-state index in [4.69, 9.17) is 16.3 Å². The van der Waals surface area contributed by atoms with E-state index in [1.165, 1.54) is 36.4 Å². The zero-order valence-corrected chi connectivity index (χ0v) is 15.8. The number of ether oxygens (including phenoxy) is 1. The van der Waals surface area contributed by atoms with Crippen molar-refractivity contribution in [3.63, 3.8) is 0 Å². The fourth-order valence-corrected chi connectivity index (χ4v) is 2.68. The number of amides is 1. The molecule has 3 aromatic rings. The van der Waals surface area contributed by atoms with Gasteiger partial charge in [-0.05, 0) is 30.3 Å². The Hall–Kier alpha value is -3.51. The molecule has 7 heteroatoms. The van der Waals surface area contributed by atoms with Gasteiger partial charge < -0.3 is 10.1 Å². The summed E-state index contributed by atoms with van der Waals surface area (Å²) >= 11 is 5.75. The van der Waals surface area contributed by atoms with Crippen LogP contribution in [0.25, 0.3) is 0 Å². The van der Waals surface area contributed by atoms with Gasteiger partial charge in [0.15, 0.2) is 12.4 Å². The first-order valence-electron chi connectivity index (χ1n) is 8.56. The number of esters is 1. The number of rotatable bonds is 6. The summed E-state index contributed by atoms with van der Waals surface area (Å²) < 4.78 is 18.5. The molecule has 0 aliphatic carbocycles. The quantitative estimate of drug-likeness (QED) is 0.478. The van der Waals surface area contributed by atoms with Crippen LogP contribution in [0.1, 0.15) is 26.3 Å². The van der Waals surface area contributed by atoms with E-state index < -0.39 is 24.3 Å². The first kappa shape index (κ1) is 20.2. The lowest BCUT2D eigenvalue weighted by Gasteiger charge is -2.08. The molecule has 0 aliphatic heterocycles. The third-order valence-corrected chi connectivity index (χ3v) is 4.19. The highest BCUT2D eigenvalue weighted by Crippen LogP contribution is 2.19. The standard InChI is InChI=1S/C22H15ClFNO4/c23-17-10-11-18(24)19(12-17)25-20(26)13-29-22(28)16-8-6-15(7-9-16)21(27)14-4-2-1-3-5-14/h1-12H,13H2,(H,25,26). The molecule has 146 valence electrons. The Labute approximate surface area is 171 Å². The topological polar surface area (TPSA) is 72.5 Å². The van der Waals surface area contributed by atoms with Gasteiger partial charge in [0, 0.05) is 16.1 Å². The fraction of sp³-hybridized carbons (Fsp3) is 0.0455. The number of benzene rings is 3. The Morgan fingerprint density at radius 2 is 1.48 bits per heavy atom. The lowest BCUT2D eigenvalue weighted by molar-refractivity contribution is -0.119. The second-order valence-electron chi connectivity index (χ2n) is 6.02. The van der Waals surface area contributed by atoms with E-state index in [1.54, 1.807) is 24.3 Å². The fourth-order valence-electron chi connectivity index (χ4n) is 2.51. The maximum atomic E-state index is 13.6. The van der Waals surface area contributed by atoms with Gasteiger partial charge >= 0.3 is 5.97 Å². The Morgan fingerprint density at radius 3 is 2.17 bits per heavy atom. The van der Waals surface area contributed by atoms with Crippen LogP contribution in [0.15, 0.2) is 72.8 Å². The first-order chi connectivity index (χ1) is 13.9. The molecule has 0 heterocycles. The van der Waals surface area contributed by atoms with Crippen LogP contribution in [-0.4, -0.2) is 24.3 Å². The molecule has 0 saturated carbocycles. The second kappa shape index (κ2) is 9.12. The molecule has 1 amide bonds. The number of anilines is 1. The highest BCUT2D eigenvalue weighted by Gasteiger charge is 2.14. The summed E-state index contributed by atoms with van der Waals surface area (Å²) in [4.78, 5) is 36.3. The molecule has 5 nitrogen and oxygen atoms in total. The average Bonchev–Trinajstić information content (AvgIpc) is 2.75. The first-order valence-corrected chi connectivity index (χ1v) is 8.93. The number of carbonyl (C=O) groups is 3. The van der Waals surface area contributed by atoms with E-state index >= 15 is 0 Å². The molecule has 0 aromatic heterocycles. The normalized spacial score (nSPS) is 10.3. The lowest BCUT2D eigenvalue weighted by atomic mass is 10.0. The summed E-state index contributed by atoms with van der Waals surface area (Å²) in [5, 5.41) is 2.53. The summed E-state index contributed by atoms with van der Waals surface area (Å²) in [5.74, 6) is -2.29. The molecule has 3 aromatic carbocycles. The molecule has 0 fully saturated rings. The second-order valence-corrected chi connectivity index (χ2v) is 6.46. The van der Waals surface area contributed by atoms with Crippen LogP contribution in [0.3, 0.4) is 0 Å². The van der Waals surface area contributed by atoms with Crippen molar-refractivity contribution in [2.75, 3.05) is 11.9 Å². The van der Waals surface area contributed by atoms with Crippen molar-refractivity contribution in [2.24, 2.45) is 0 Å². The third kappa shape index (κ3) is 5.27. The number of halogens is 2. The van der Waals surface area contributed by atoms with Crippen LogP contribution in [0, 0.1) is 5.82 Å². The molecule has 0 saturated heterocycles. The Kier molecular flexibility index (Phi) is 6.36. The summed E-state index contributed by atoms with van der Waals surface area (Å²) in [5.41, 5.74) is 1.02. The van der Waals surface area contributed by atoms with E-state index in [-0.39, 0.29) is 22.1 Å². The van der Waals surface area contributed by atoms with Gasteiger partial charge in [-0.15, -0.1) is 0 Å². The highest BCUT2D eigenvalue weighted by atomic mass is 35.5. The van der Waals surface area contributed by atoms with E-state index in [2.05, 4.69) is 5.32 Å². The number of nitrogens with one attached hydrogen (secondary N) is 1. The van der Waals surface area contributed by atoms with Gasteiger partial charge in [0.1, 0.15) is 5.82 Å². The molecular weight excluding hydrogens is 397 g/mol. The molecule has 0 atom stereocenters. The zero-order chi connectivity index (χ0) is 20.8. The molecule has 0 unspecified atom stereocenters.